The van der Waals surface area contributed by atoms with Gasteiger partial charge >= 0.3 is 0 Å². The summed E-state index contributed by atoms with van der Waals surface area (Å²) in [6, 6.07) is 11.9. The highest BCUT2D eigenvalue weighted by Crippen LogP contribution is 2.32. The fourth-order valence-corrected chi connectivity index (χ4v) is 2.66. The van der Waals surface area contributed by atoms with Crippen LogP contribution in [0.2, 0.25) is 0 Å². The van der Waals surface area contributed by atoms with E-state index < -0.39 is 0 Å². The summed E-state index contributed by atoms with van der Waals surface area (Å²) >= 11 is 0. The topological polar surface area (TPSA) is 96.6 Å². The molecule has 0 saturated heterocycles. The molecule has 0 saturated carbocycles. The van der Waals surface area contributed by atoms with Crippen LogP contribution in [0.3, 0.4) is 0 Å². The lowest BCUT2D eigenvalue weighted by atomic mass is 10.1. The van der Waals surface area contributed by atoms with E-state index in [0.717, 1.165) is 23.1 Å². The highest BCUT2D eigenvalue weighted by molar-refractivity contribution is 5.90. The molecule has 3 N–H and O–H groups in total. The Morgan fingerprint density at radius 3 is 2.58 bits per heavy atom. The first-order valence-corrected chi connectivity index (χ1v) is 7.95. The second kappa shape index (κ2) is 7.18. The number of hydrogen-bond acceptors (Lipinski definition) is 6. The number of aromatic nitrogens is 2. The Kier molecular flexibility index (Phi) is 4.79. The highest BCUT2D eigenvalue weighted by Gasteiger charge is 2.13. The highest BCUT2D eigenvalue weighted by atomic mass is 16.5. The van der Waals surface area contributed by atoms with Crippen LogP contribution in [0.15, 0.2) is 42.5 Å². The number of phenolic OH excluding ortho intramolecular Hbond substituents is 2. The molecule has 26 heavy (non-hydrogen) atoms. The third kappa shape index (κ3) is 3.61. The van der Waals surface area contributed by atoms with Crippen LogP contribution < -0.4 is 10.1 Å². The average Bonchev–Trinajstić information content (AvgIpc) is 2.94. The van der Waals surface area contributed by atoms with Crippen molar-refractivity contribution in [3.63, 3.8) is 0 Å². The van der Waals surface area contributed by atoms with Crippen molar-refractivity contribution in [2.75, 3.05) is 12.4 Å². The Morgan fingerprint density at radius 1 is 1.19 bits per heavy atom. The van der Waals surface area contributed by atoms with Gasteiger partial charge in [0.1, 0.15) is 23.1 Å². The summed E-state index contributed by atoms with van der Waals surface area (Å²) in [4.78, 5) is 11.3. The molecule has 1 heterocycles. The summed E-state index contributed by atoms with van der Waals surface area (Å²) in [5, 5.41) is 27.1. The van der Waals surface area contributed by atoms with E-state index in [-0.39, 0.29) is 17.1 Å². The Hall–Kier alpha value is -3.48. The van der Waals surface area contributed by atoms with E-state index in [1.54, 1.807) is 11.8 Å². The van der Waals surface area contributed by atoms with E-state index in [1.165, 1.54) is 6.07 Å². The molecule has 0 radical (unpaired) electrons. The molecule has 134 valence electrons. The van der Waals surface area contributed by atoms with Gasteiger partial charge in [0, 0.05) is 18.2 Å². The van der Waals surface area contributed by atoms with Crippen molar-refractivity contribution in [1.29, 1.82) is 0 Å². The molecule has 1 aromatic heterocycles. The zero-order valence-corrected chi connectivity index (χ0v) is 14.4. The van der Waals surface area contributed by atoms with Gasteiger partial charge in [0.2, 0.25) is 0 Å². The Labute approximate surface area is 150 Å². The van der Waals surface area contributed by atoms with Crippen molar-refractivity contribution in [1.82, 2.24) is 9.78 Å². The number of carbonyl (C=O) groups excluding carboxylic acids is 1. The number of nitrogens with one attached hydrogen (secondary N) is 1. The summed E-state index contributed by atoms with van der Waals surface area (Å²) < 4.78 is 6.90. The zero-order valence-electron chi connectivity index (χ0n) is 14.4. The number of anilines is 2. The number of aromatic hydroxyl groups is 2. The van der Waals surface area contributed by atoms with E-state index in [1.807, 2.05) is 37.3 Å². The van der Waals surface area contributed by atoms with Crippen molar-refractivity contribution >= 4 is 17.8 Å². The number of carbonyl (C=O) groups is 1. The van der Waals surface area contributed by atoms with Crippen molar-refractivity contribution in [2.24, 2.45) is 0 Å². The standard InChI is InChI=1S/C19H19N3O4/c1-12-7-19(20-17-8-14(24)9-18(25)16(17)11-23)22(21-12)10-13-3-5-15(26-2)6-4-13/h3-9,11,20,24-25H,10H2,1-2H3. The Bertz CT molecular complexity index is 933. The SMILES string of the molecule is COc1ccc(Cn2nc(C)cc2Nc2cc(O)cc(O)c2C=O)cc1. The van der Waals surface area contributed by atoms with Crippen LogP contribution in [0.25, 0.3) is 0 Å². The minimum atomic E-state index is -0.291. The van der Waals surface area contributed by atoms with E-state index in [9.17, 15) is 15.0 Å². The maximum atomic E-state index is 11.3. The van der Waals surface area contributed by atoms with Crippen molar-refractivity contribution in [2.45, 2.75) is 13.5 Å². The normalized spacial score (nSPS) is 10.5. The summed E-state index contributed by atoms with van der Waals surface area (Å²) in [6.07, 6.45) is 0.536. The largest absolute Gasteiger partial charge is 0.508 e. The van der Waals surface area contributed by atoms with Gasteiger partial charge in [0.15, 0.2) is 6.29 Å². The van der Waals surface area contributed by atoms with Crippen molar-refractivity contribution in [3.05, 3.63) is 59.3 Å². The second-order valence-electron chi connectivity index (χ2n) is 5.85. The molecule has 0 aliphatic heterocycles. The fourth-order valence-electron chi connectivity index (χ4n) is 2.66. The van der Waals surface area contributed by atoms with Gasteiger partial charge in [-0.05, 0) is 24.6 Å². The van der Waals surface area contributed by atoms with Crippen LogP contribution >= 0.6 is 0 Å². The van der Waals surface area contributed by atoms with Crippen LogP contribution in [-0.4, -0.2) is 33.4 Å². The molecule has 0 unspecified atom stereocenters. The lowest BCUT2D eigenvalue weighted by Gasteiger charge is -2.13. The molecule has 0 bridgehead atoms. The van der Waals surface area contributed by atoms with Gasteiger partial charge in [-0.15, -0.1) is 0 Å². The predicted molar refractivity (Wildman–Crippen MR) is 97.5 cm³/mol. The summed E-state index contributed by atoms with van der Waals surface area (Å²) in [7, 11) is 1.61. The van der Waals surface area contributed by atoms with Crippen LogP contribution in [0.5, 0.6) is 17.2 Å². The number of rotatable bonds is 6. The van der Waals surface area contributed by atoms with Crippen LogP contribution in [-0.2, 0) is 6.54 Å². The van der Waals surface area contributed by atoms with Crippen LogP contribution in [0.1, 0.15) is 21.6 Å². The van der Waals surface area contributed by atoms with Gasteiger partial charge in [0.05, 0.1) is 30.6 Å². The van der Waals surface area contributed by atoms with Crippen LogP contribution in [0, 0.1) is 6.92 Å². The van der Waals surface area contributed by atoms with Gasteiger partial charge in [-0.1, -0.05) is 12.1 Å². The third-order valence-corrected chi connectivity index (χ3v) is 3.92. The van der Waals surface area contributed by atoms with Crippen molar-refractivity contribution < 1.29 is 19.7 Å². The molecule has 7 nitrogen and oxygen atoms in total. The smallest absolute Gasteiger partial charge is 0.155 e. The van der Waals surface area contributed by atoms with E-state index in [0.29, 0.717) is 24.3 Å². The maximum absolute atomic E-state index is 11.3. The van der Waals surface area contributed by atoms with Crippen LogP contribution in [0.4, 0.5) is 11.5 Å². The number of aldehydes is 1. The number of aryl methyl sites for hydroxylation is 1. The average molecular weight is 353 g/mol. The predicted octanol–water partition coefficient (Wildman–Crippen LogP) is 3.22. The summed E-state index contributed by atoms with van der Waals surface area (Å²) in [6.45, 7) is 2.36. The maximum Gasteiger partial charge on any atom is 0.155 e. The van der Waals surface area contributed by atoms with Gasteiger partial charge in [-0.25, -0.2) is 4.68 Å². The number of ether oxygens (including phenoxy) is 1. The number of phenols is 2. The molecule has 2 aromatic carbocycles. The fraction of sp³-hybridized carbons (Fsp3) is 0.158. The molecule has 7 heteroatoms. The molecule has 3 rings (SSSR count). The van der Waals surface area contributed by atoms with E-state index in [2.05, 4.69) is 10.4 Å². The minimum absolute atomic E-state index is 0.0673. The zero-order chi connectivity index (χ0) is 18.7. The second-order valence-corrected chi connectivity index (χ2v) is 5.85. The van der Waals surface area contributed by atoms with Gasteiger partial charge in [-0.3, -0.25) is 4.79 Å². The lowest BCUT2D eigenvalue weighted by molar-refractivity contribution is 0.112. The van der Waals surface area contributed by atoms with Gasteiger partial charge in [0.25, 0.3) is 0 Å². The summed E-state index contributed by atoms with van der Waals surface area (Å²) in [5.41, 5.74) is 2.18. The molecule has 0 amide bonds. The van der Waals surface area contributed by atoms with E-state index in [4.69, 9.17) is 4.74 Å². The van der Waals surface area contributed by atoms with Gasteiger partial charge < -0.3 is 20.3 Å². The molecule has 0 spiro atoms. The first-order valence-electron chi connectivity index (χ1n) is 7.95. The molecule has 0 aliphatic carbocycles. The Balaban J connectivity index is 1.91. The molecular weight excluding hydrogens is 334 g/mol. The number of methoxy groups -OCH3 is 1. The third-order valence-electron chi connectivity index (χ3n) is 3.92. The lowest BCUT2D eigenvalue weighted by Crippen LogP contribution is -2.07. The molecule has 3 aromatic rings. The molecule has 0 atom stereocenters. The Morgan fingerprint density at radius 2 is 1.92 bits per heavy atom. The van der Waals surface area contributed by atoms with Gasteiger partial charge in [-0.2, -0.15) is 5.10 Å². The first kappa shape index (κ1) is 17.3. The van der Waals surface area contributed by atoms with Crippen molar-refractivity contribution in [3.8, 4) is 17.2 Å². The summed E-state index contributed by atoms with van der Waals surface area (Å²) in [5.74, 6) is 0.968. The van der Waals surface area contributed by atoms with E-state index >= 15 is 0 Å². The number of nitrogens with zero attached hydrogens (tertiary/aromatic N) is 2. The minimum Gasteiger partial charge on any atom is -0.508 e. The number of hydrogen-bond donors (Lipinski definition) is 3. The molecule has 0 aliphatic rings. The monoisotopic (exact) mass is 353 g/mol. The number of benzene rings is 2. The molecule has 0 fully saturated rings. The quantitative estimate of drug-likeness (QED) is 0.589. The molecular formula is C19H19N3O4. The first-order chi connectivity index (χ1) is 12.5.